The van der Waals surface area contributed by atoms with Gasteiger partial charge in [-0.15, -0.1) is 11.8 Å². The van der Waals surface area contributed by atoms with Gasteiger partial charge in [0.15, 0.2) is 0 Å². The van der Waals surface area contributed by atoms with Gasteiger partial charge in [0.05, 0.1) is 10.6 Å². The van der Waals surface area contributed by atoms with Crippen molar-refractivity contribution in [2.75, 3.05) is 11.1 Å². The number of nitrogens with one attached hydrogen (secondary N) is 2. The number of benzene rings is 2. The Labute approximate surface area is 163 Å². The van der Waals surface area contributed by atoms with E-state index in [1.807, 2.05) is 13.0 Å². The molecule has 26 heavy (non-hydrogen) atoms. The Morgan fingerprint density at radius 2 is 1.92 bits per heavy atom. The Hall–Kier alpha value is -1.54. The highest BCUT2D eigenvalue weighted by molar-refractivity contribution is 7.99. The fourth-order valence-corrected chi connectivity index (χ4v) is 4.47. The van der Waals surface area contributed by atoms with Gasteiger partial charge in [0.1, 0.15) is 0 Å². The van der Waals surface area contributed by atoms with Gasteiger partial charge in [0, 0.05) is 21.5 Å². The summed E-state index contributed by atoms with van der Waals surface area (Å²) in [5.74, 6) is 0.450. The molecule has 1 amide bonds. The third kappa shape index (κ3) is 5.48. The van der Waals surface area contributed by atoms with Crippen LogP contribution in [0, 0.1) is 0 Å². The summed E-state index contributed by atoms with van der Waals surface area (Å²) < 4.78 is 27.1. The zero-order valence-corrected chi connectivity index (χ0v) is 17.1. The van der Waals surface area contributed by atoms with E-state index in [2.05, 4.69) is 10.0 Å². The van der Waals surface area contributed by atoms with E-state index in [9.17, 15) is 13.2 Å². The molecule has 2 rings (SSSR count). The van der Waals surface area contributed by atoms with Gasteiger partial charge in [-0.25, -0.2) is 13.1 Å². The average Bonchev–Trinajstić information content (AvgIpc) is 2.56. The molecule has 0 aliphatic carbocycles. The molecule has 0 fully saturated rings. The van der Waals surface area contributed by atoms with Gasteiger partial charge < -0.3 is 5.32 Å². The van der Waals surface area contributed by atoms with Gasteiger partial charge in [-0.1, -0.05) is 24.6 Å². The number of rotatable bonds is 7. The van der Waals surface area contributed by atoms with Crippen LogP contribution < -0.4 is 10.0 Å². The zero-order chi connectivity index (χ0) is 19.3. The smallest absolute Gasteiger partial charge is 0.255 e. The third-order valence-electron chi connectivity index (χ3n) is 3.29. The molecule has 0 aliphatic heterocycles. The maximum absolute atomic E-state index is 12.6. The van der Waals surface area contributed by atoms with E-state index >= 15 is 0 Å². The Balaban J connectivity index is 2.29. The maximum atomic E-state index is 12.6. The van der Waals surface area contributed by atoms with Gasteiger partial charge >= 0.3 is 0 Å². The van der Waals surface area contributed by atoms with E-state index in [0.29, 0.717) is 10.7 Å². The molecule has 2 N–H and O–H groups in total. The Bertz CT molecular complexity index is 899. The second-order valence-corrected chi connectivity index (χ2v) is 9.29. The standard InChI is InChI=1S/C18H21ClN2O3S2/c1-4-25-17-9-8-14(19)11-16(17)20-18(22)13-6-5-7-15(10-13)26(23,24)21-12(2)3/h5-12,21H,4H2,1-3H3,(H,20,22). The lowest BCUT2D eigenvalue weighted by molar-refractivity contribution is 0.102. The highest BCUT2D eigenvalue weighted by atomic mass is 35.5. The SMILES string of the molecule is CCSc1ccc(Cl)cc1NC(=O)c1cccc(S(=O)(=O)NC(C)C)c1. The Morgan fingerprint density at radius 3 is 2.58 bits per heavy atom. The lowest BCUT2D eigenvalue weighted by Gasteiger charge is -2.12. The van der Waals surface area contributed by atoms with E-state index < -0.39 is 15.9 Å². The first-order valence-corrected chi connectivity index (χ1v) is 10.9. The molecule has 0 radical (unpaired) electrons. The van der Waals surface area contributed by atoms with Gasteiger partial charge in [-0.05, 0) is 56.0 Å². The molecule has 2 aromatic carbocycles. The van der Waals surface area contributed by atoms with Crippen LogP contribution in [0.3, 0.4) is 0 Å². The third-order valence-corrected chi connectivity index (χ3v) is 6.13. The molecule has 0 spiro atoms. The summed E-state index contributed by atoms with van der Waals surface area (Å²) in [6.45, 7) is 5.49. The second kappa shape index (κ2) is 8.90. The van der Waals surface area contributed by atoms with Crippen molar-refractivity contribution < 1.29 is 13.2 Å². The largest absolute Gasteiger partial charge is 0.321 e. The predicted molar refractivity (Wildman–Crippen MR) is 108 cm³/mol. The average molecular weight is 413 g/mol. The fourth-order valence-electron chi connectivity index (χ4n) is 2.26. The molecule has 0 aliphatic rings. The number of halogens is 1. The maximum Gasteiger partial charge on any atom is 0.255 e. The van der Waals surface area contributed by atoms with Gasteiger partial charge in [-0.3, -0.25) is 4.79 Å². The lowest BCUT2D eigenvalue weighted by Crippen LogP contribution is -2.30. The number of thioether (sulfide) groups is 1. The first kappa shape index (κ1) is 20.8. The van der Waals surface area contributed by atoms with Crippen molar-refractivity contribution in [2.24, 2.45) is 0 Å². The number of carbonyl (C=O) groups is 1. The second-order valence-electron chi connectivity index (χ2n) is 5.83. The van der Waals surface area contributed by atoms with Crippen LogP contribution in [-0.2, 0) is 10.0 Å². The molecule has 8 heteroatoms. The predicted octanol–water partition coefficient (Wildman–Crippen LogP) is 4.39. The summed E-state index contributed by atoms with van der Waals surface area (Å²) in [4.78, 5) is 13.6. The van der Waals surface area contributed by atoms with Crippen molar-refractivity contribution in [3.63, 3.8) is 0 Å². The van der Waals surface area contributed by atoms with Crippen LogP contribution in [0.5, 0.6) is 0 Å². The lowest BCUT2D eigenvalue weighted by atomic mass is 10.2. The van der Waals surface area contributed by atoms with Crippen LogP contribution in [0.1, 0.15) is 31.1 Å². The Kier molecular flexibility index (Phi) is 7.11. The molecule has 0 saturated carbocycles. The molecule has 0 heterocycles. The Morgan fingerprint density at radius 1 is 1.19 bits per heavy atom. The van der Waals surface area contributed by atoms with Crippen molar-refractivity contribution >= 4 is 45.0 Å². The van der Waals surface area contributed by atoms with E-state index in [0.717, 1.165) is 10.6 Å². The van der Waals surface area contributed by atoms with Crippen molar-refractivity contribution in [2.45, 2.75) is 36.6 Å². The first-order chi connectivity index (χ1) is 12.2. The van der Waals surface area contributed by atoms with Crippen molar-refractivity contribution in [1.29, 1.82) is 0 Å². The van der Waals surface area contributed by atoms with E-state index in [1.54, 1.807) is 49.9 Å². The van der Waals surface area contributed by atoms with E-state index in [-0.39, 0.29) is 16.5 Å². The van der Waals surface area contributed by atoms with Crippen LogP contribution >= 0.6 is 23.4 Å². The van der Waals surface area contributed by atoms with Crippen LogP contribution in [0.4, 0.5) is 5.69 Å². The molecule has 5 nitrogen and oxygen atoms in total. The van der Waals surface area contributed by atoms with Gasteiger partial charge in [-0.2, -0.15) is 0 Å². The summed E-state index contributed by atoms with van der Waals surface area (Å²) >= 11 is 7.61. The van der Waals surface area contributed by atoms with Crippen LogP contribution in [0.2, 0.25) is 5.02 Å². The summed E-state index contributed by atoms with van der Waals surface area (Å²) in [6, 6.07) is 11.0. The quantitative estimate of drug-likeness (QED) is 0.661. The number of hydrogen-bond donors (Lipinski definition) is 2. The summed E-state index contributed by atoms with van der Waals surface area (Å²) in [7, 11) is -3.67. The van der Waals surface area contributed by atoms with Crippen molar-refractivity contribution in [3.8, 4) is 0 Å². The zero-order valence-electron chi connectivity index (χ0n) is 14.7. The molecule has 0 atom stereocenters. The van der Waals surface area contributed by atoms with Crippen LogP contribution in [-0.4, -0.2) is 26.1 Å². The summed E-state index contributed by atoms with van der Waals surface area (Å²) in [5.41, 5.74) is 0.854. The van der Waals surface area contributed by atoms with Gasteiger partial charge in [0.2, 0.25) is 10.0 Å². The molecule has 0 bridgehead atoms. The topological polar surface area (TPSA) is 75.3 Å². The molecular weight excluding hydrogens is 392 g/mol. The molecule has 2 aromatic rings. The highest BCUT2D eigenvalue weighted by Crippen LogP contribution is 2.30. The summed E-state index contributed by atoms with van der Waals surface area (Å²) in [6.07, 6.45) is 0. The van der Waals surface area contributed by atoms with Gasteiger partial charge in [0.25, 0.3) is 5.91 Å². The normalized spacial score (nSPS) is 11.6. The van der Waals surface area contributed by atoms with Crippen LogP contribution in [0.15, 0.2) is 52.3 Å². The minimum atomic E-state index is -3.67. The number of amides is 1. The molecule has 0 aromatic heterocycles. The molecule has 140 valence electrons. The minimum absolute atomic E-state index is 0.0492. The summed E-state index contributed by atoms with van der Waals surface area (Å²) in [5, 5.41) is 3.32. The molecule has 0 saturated heterocycles. The number of anilines is 1. The first-order valence-electron chi connectivity index (χ1n) is 8.09. The molecule has 0 unspecified atom stereocenters. The number of hydrogen-bond acceptors (Lipinski definition) is 4. The monoisotopic (exact) mass is 412 g/mol. The fraction of sp³-hybridized carbons (Fsp3) is 0.278. The van der Waals surface area contributed by atoms with Crippen molar-refractivity contribution in [1.82, 2.24) is 4.72 Å². The van der Waals surface area contributed by atoms with E-state index in [1.165, 1.54) is 12.1 Å². The highest BCUT2D eigenvalue weighted by Gasteiger charge is 2.18. The van der Waals surface area contributed by atoms with Crippen molar-refractivity contribution in [3.05, 3.63) is 53.1 Å². The minimum Gasteiger partial charge on any atom is -0.321 e. The number of sulfonamides is 1. The van der Waals surface area contributed by atoms with E-state index in [4.69, 9.17) is 11.6 Å². The van der Waals surface area contributed by atoms with Crippen LogP contribution in [0.25, 0.3) is 0 Å². The number of carbonyl (C=O) groups excluding carboxylic acids is 1. The molecular formula is C18H21ClN2O3S2.